The summed E-state index contributed by atoms with van der Waals surface area (Å²) in [6.07, 6.45) is 1.84. The first-order chi connectivity index (χ1) is 6.25. The Morgan fingerprint density at radius 1 is 1.29 bits per heavy atom. The van der Waals surface area contributed by atoms with Crippen LogP contribution in [0.15, 0.2) is 27.8 Å². The van der Waals surface area contributed by atoms with Crippen LogP contribution in [0.25, 0.3) is 0 Å². The van der Waals surface area contributed by atoms with E-state index in [0.29, 0.717) is 6.20 Å². The van der Waals surface area contributed by atoms with Crippen LogP contribution in [-0.4, -0.2) is 18.9 Å². The number of aromatic nitrogens is 1. The molecule has 0 aliphatic heterocycles. The topological polar surface area (TPSA) is 47.0 Å². The first-order valence-electron chi connectivity index (χ1n) is 3.17. The molecule has 1 heterocycles. The average Bonchev–Trinajstić information content (AvgIpc) is 2.02. The second kappa shape index (κ2) is 3.50. The maximum atomic E-state index is 12.0. The van der Waals surface area contributed by atoms with E-state index in [1.165, 1.54) is 6.20 Å². The van der Waals surface area contributed by atoms with Crippen LogP contribution < -0.4 is 0 Å². The number of hydrogen-bond donors (Lipinski definition) is 0. The Labute approximate surface area is 86.0 Å². The van der Waals surface area contributed by atoms with E-state index in [2.05, 4.69) is 20.9 Å². The molecule has 1 aromatic heterocycles. The maximum Gasteiger partial charge on any atom is 0.501 e. The lowest BCUT2D eigenvalue weighted by Crippen LogP contribution is -2.23. The Bertz CT molecular complexity index is 443. The Hall–Kier alpha value is -0.630. The molecule has 1 aromatic rings. The van der Waals surface area contributed by atoms with Crippen molar-refractivity contribution in [3.63, 3.8) is 0 Å². The minimum absolute atomic E-state index is 0.169. The number of sulfone groups is 1. The fourth-order valence-electron chi connectivity index (χ4n) is 0.673. The van der Waals surface area contributed by atoms with E-state index < -0.39 is 20.2 Å². The molecule has 1 rings (SSSR count). The fourth-order valence-corrected chi connectivity index (χ4v) is 1.94. The van der Waals surface area contributed by atoms with Gasteiger partial charge in [-0.15, -0.1) is 0 Å². The van der Waals surface area contributed by atoms with Gasteiger partial charge in [-0.05, 0) is 22.0 Å². The highest BCUT2D eigenvalue weighted by Gasteiger charge is 2.47. The average molecular weight is 290 g/mol. The molecular weight excluding hydrogens is 287 g/mol. The van der Waals surface area contributed by atoms with Gasteiger partial charge in [0.25, 0.3) is 9.84 Å². The van der Waals surface area contributed by atoms with Crippen LogP contribution in [0.5, 0.6) is 0 Å². The molecule has 0 saturated carbocycles. The standard InChI is InChI=1S/C6H3BrF3NO2S/c7-4-1-5(3-11-2-4)14(12,13)6(8,9)10/h1-3H. The van der Waals surface area contributed by atoms with Crippen molar-refractivity contribution in [2.24, 2.45) is 0 Å². The van der Waals surface area contributed by atoms with Crippen molar-refractivity contribution in [3.8, 4) is 0 Å². The molecule has 0 aliphatic carbocycles. The fraction of sp³-hybridized carbons (Fsp3) is 0.167. The first-order valence-corrected chi connectivity index (χ1v) is 5.44. The highest BCUT2D eigenvalue weighted by atomic mass is 79.9. The van der Waals surface area contributed by atoms with E-state index in [9.17, 15) is 21.6 Å². The van der Waals surface area contributed by atoms with Crippen molar-refractivity contribution in [3.05, 3.63) is 22.9 Å². The number of hydrogen-bond acceptors (Lipinski definition) is 3. The monoisotopic (exact) mass is 289 g/mol. The first kappa shape index (κ1) is 11.4. The molecule has 0 fully saturated rings. The molecule has 8 heteroatoms. The lowest BCUT2D eigenvalue weighted by molar-refractivity contribution is -0.0436. The Kier molecular flexibility index (Phi) is 2.86. The Balaban J connectivity index is 3.32. The predicted octanol–water partition coefficient (Wildman–Crippen LogP) is 2.14. The van der Waals surface area contributed by atoms with Gasteiger partial charge in [-0.25, -0.2) is 8.42 Å². The Morgan fingerprint density at radius 3 is 2.29 bits per heavy atom. The van der Waals surface area contributed by atoms with Gasteiger partial charge >= 0.3 is 5.51 Å². The van der Waals surface area contributed by atoms with Gasteiger partial charge in [0.1, 0.15) is 0 Å². The summed E-state index contributed by atoms with van der Waals surface area (Å²) >= 11 is 2.83. The molecule has 0 atom stereocenters. The van der Waals surface area contributed by atoms with E-state index in [1.807, 2.05) is 0 Å². The summed E-state index contributed by atoms with van der Waals surface area (Å²) in [7, 11) is -5.29. The molecule has 0 radical (unpaired) electrons. The molecule has 0 aromatic carbocycles. The smallest absolute Gasteiger partial charge is 0.262 e. The number of halogens is 4. The summed E-state index contributed by atoms with van der Waals surface area (Å²) in [5, 5.41) is 0. The number of nitrogens with zero attached hydrogens (tertiary/aromatic N) is 1. The van der Waals surface area contributed by atoms with Gasteiger partial charge < -0.3 is 0 Å². The molecule has 0 unspecified atom stereocenters. The second-order valence-electron chi connectivity index (χ2n) is 2.29. The van der Waals surface area contributed by atoms with Crippen molar-refractivity contribution < 1.29 is 21.6 Å². The molecule has 78 valence electrons. The third kappa shape index (κ3) is 2.06. The quantitative estimate of drug-likeness (QED) is 0.796. The van der Waals surface area contributed by atoms with E-state index in [4.69, 9.17) is 0 Å². The summed E-state index contributed by atoms with van der Waals surface area (Å²) in [6.45, 7) is 0. The summed E-state index contributed by atoms with van der Waals surface area (Å²) in [4.78, 5) is 2.46. The van der Waals surface area contributed by atoms with Crippen LogP contribution in [0.1, 0.15) is 0 Å². The van der Waals surface area contributed by atoms with E-state index in [-0.39, 0.29) is 4.47 Å². The highest BCUT2D eigenvalue weighted by molar-refractivity contribution is 9.10. The van der Waals surface area contributed by atoms with Crippen molar-refractivity contribution in [1.82, 2.24) is 4.98 Å². The zero-order valence-corrected chi connectivity index (χ0v) is 8.82. The van der Waals surface area contributed by atoms with Crippen molar-refractivity contribution in [2.45, 2.75) is 10.4 Å². The maximum absolute atomic E-state index is 12.0. The van der Waals surface area contributed by atoms with Crippen LogP contribution in [0.4, 0.5) is 13.2 Å². The van der Waals surface area contributed by atoms with Crippen molar-refractivity contribution in [2.75, 3.05) is 0 Å². The summed E-state index contributed by atoms with van der Waals surface area (Å²) in [5.41, 5.74) is -5.30. The molecule has 14 heavy (non-hydrogen) atoms. The normalized spacial score (nSPS) is 12.9. The Morgan fingerprint density at radius 2 is 1.86 bits per heavy atom. The molecule has 0 amide bonds. The molecule has 0 saturated heterocycles. The van der Waals surface area contributed by atoms with Crippen LogP contribution in [0.3, 0.4) is 0 Å². The van der Waals surface area contributed by atoms with Gasteiger partial charge in [0, 0.05) is 16.9 Å². The number of rotatable bonds is 1. The van der Waals surface area contributed by atoms with Crippen molar-refractivity contribution in [1.29, 1.82) is 0 Å². The van der Waals surface area contributed by atoms with Gasteiger partial charge in [0.05, 0.1) is 4.90 Å². The van der Waals surface area contributed by atoms with Crippen LogP contribution in [0, 0.1) is 0 Å². The second-order valence-corrected chi connectivity index (χ2v) is 5.14. The minimum Gasteiger partial charge on any atom is -0.262 e. The van der Waals surface area contributed by atoms with Crippen LogP contribution in [0.2, 0.25) is 0 Å². The largest absolute Gasteiger partial charge is 0.501 e. The molecule has 0 bridgehead atoms. The van der Waals surface area contributed by atoms with Crippen LogP contribution >= 0.6 is 15.9 Å². The highest BCUT2D eigenvalue weighted by Crippen LogP contribution is 2.30. The van der Waals surface area contributed by atoms with Gasteiger partial charge in [-0.3, -0.25) is 4.98 Å². The predicted molar refractivity (Wildman–Crippen MR) is 45.2 cm³/mol. The van der Waals surface area contributed by atoms with Gasteiger partial charge in [0.15, 0.2) is 0 Å². The molecule has 3 nitrogen and oxygen atoms in total. The number of pyridine rings is 1. The summed E-state index contributed by atoms with van der Waals surface area (Å²) in [5.74, 6) is 0. The van der Waals surface area contributed by atoms with Crippen LogP contribution in [-0.2, 0) is 9.84 Å². The van der Waals surface area contributed by atoms with E-state index >= 15 is 0 Å². The molecular formula is C6H3BrF3NO2S. The lowest BCUT2D eigenvalue weighted by Gasteiger charge is -2.07. The van der Waals surface area contributed by atoms with Gasteiger partial charge in [-0.2, -0.15) is 13.2 Å². The van der Waals surface area contributed by atoms with Crippen molar-refractivity contribution >= 4 is 25.8 Å². The number of alkyl halides is 3. The molecule has 0 spiro atoms. The van der Waals surface area contributed by atoms with E-state index in [0.717, 1.165) is 6.07 Å². The molecule has 0 aliphatic rings. The minimum atomic E-state index is -5.30. The van der Waals surface area contributed by atoms with Gasteiger partial charge in [-0.1, -0.05) is 0 Å². The zero-order chi connectivity index (χ0) is 11.0. The SMILES string of the molecule is O=S(=O)(c1cncc(Br)c1)C(F)(F)F. The third-order valence-electron chi connectivity index (χ3n) is 1.29. The van der Waals surface area contributed by atoms with Gasteiger partial charge in [0.2, 0.25) is 0 Å². The lowest BCUT2D eigenvalue weighted by atomic mass is 10.5. The molecule has 0 N–H and O–H groups in total. The zero-order valence-electron chi connectivity index (χ0n) is 6.42. The summed E-state index contributed by atoms with van der Waals surface area (Å²) in [6, 6.07) is 0.843. The third-order valence-corrected chi connectivity index (χ3v) is 3.18. The summed E-state index contributed by atoms with van der Waals surface area (Å²) < 4.78 is 57.9. The van der Waals surface area contributed by atoms with E-state index in [1.54, 1.807) is 0 Å².